The maximum atomic E-state index is 5.84. The SMILES string of the molecule is CC(C)CC(C)OCc1cccc(CNC(C)C)n1. The number of hydrogen-bond donors (Lipinski definition) is 1. The molecule has 1 aromatic heterocycles. The third kappa shape index (κ3) is 7.28. The van der Waals surface area contributed by atoms with Gasteiger partial charge in [0.05, 0.1) is 24.1 Å². The van der Waals surface area contributed by atoms with E-state index in [4.69, 9.17) is 4.74 Å². The van der Waals surface area contributed by atoms with Crippen molar-refractivity contribution >= 4 is 0 Å². The molecule has 0 radical (unpaired) electrons. The van der Waals surface area contributed by atoms with Gasteiger partial charge in [-0.05, 0) is 31.4 Å². The Morgan fingerprint density at radius 2 is 1.79 bits per heavy atom. The molecule has 0 aromatic carbocycles. The number of nitrogens with one attached hydrogen (secondary N) is 1. The predicted molar refractivity (Wildman–Crippen MR) is 79.9 cm³/mol. The summed E-state index contributed by atoms with van der Waals surface area (Å²) >= 11 is 0. The highest BCUT2D eigenvalue weighted by Gasteiger charge is 2.06. The van der Waals surface area contributed by atoms with Crippen LogP contribution in [0, 0.1) is 5.92 Å². The third-order valence-electron chi connectivity index (χ3n) is 2.87. The normalized spacial score (nSPS) is 13.2. The van der Waals surface area contributed by atoms with Crippen molar-refractivity contribution in [2.24, 2.45) is 5.92 Å². The summed E-state index contributed by atoms with van der Waals surface area (Å²) < 4.78 is 5.84. The van der Waals surface area contributed by atoms with Gasteiger partial charge in [-0.2, -0.15) is 0 Å². The van der Waals surface area contributed by atoms with Crippen molar-refractivity contribution < 1.29 is 4.74 Å². The molecule has 19 heavy (non-hydrogen) atoms. The molecule has 1 N–H and O–H groups in total. The van der Waals surface area contributed by atoms with E-state index in [9.17, 15) is 0 Å². The lowest BCUT2D eigenvalue weighted by Crippen LogP contribution is -2.22. The molecule has 0 aliphatic heterocycles. The van der Waals surface area contributed by atoms with Crippen molar-refractivity contribution in [1.82, 2.24) is 10.3 Å². The minimum absolute atomic E-state index is 0.291. The predicted octanol–water partition coefficient (Wildman–Crippen LogP) is 3.53. The number of aromatic nitrogens is 1. The monoisotopic (exact) mass is 264 g/mol. The van der Waals surface area contributed by atoms with Gasteiger partial charge in [0.2, 0.25) is 0 Å². The highest BCUT2D eigenvalue weighted by Crippen LogP contribution is 2.10. The highest BCUT2D eigenvalue weighted by molar-refractivity contribution is 5.10. The molecular weight excluding hydrogens is 236 g/mol. The van der Waals surface area contributed by atoms with E-state index in [2.05, 4.69) is 57.1 Å². The lowest BCUT2D eigenvalue weighted by atomic mass is 10.1. The van der Waals surface area contributed by atoms with E-state index in [0.717, 1.165) is 24.4 Å². The van der Waals surface area contributed by atoms with Crippen molar-refractivity contribution in [3.05, 3.63) is 29.6 Å². The van der Waals surface area contributed by atoms with Gasteiger partial charge in [0, 0.05) is 12.6 Å². The Labute approximate surface area is 117 Å². The van der Waals surface area contributed by atoms with Crippen LogP contribution in [0.25, 0.3) is 0 Å². The zero-order valence-corrected chi connectivity index (χ0v) is 12.9. The van der Waals surface area contributed by atoms with E-state index in [0.29, 0.717) is 24.7 Å². The van der Waals surface area contributed by atoms with Crippen LogP contribution in [-0.2, 0) is 17.9 Å². The van der Waals surface area contributed by atoms with Crippen LogP contribution in [0.2, 0.25) is 0 Å². The molecule has 1 aromatic rings. The minimum Gasteiger partial charge on any atom is -0.372 e. The molecule has 1 heterocycles. The van der Waals surface area contributed by atoms with E-state index in [1.165, 1.54) is 0 Å². The molecule has 0 aliphatic rings. The maximum Gasteiger partial charge on any atom is 0.0891 e. The number of rotatable bonds is 8. The van der Waals surface area contributed by atoms with E-state index in [1.54, 1.807) is 0 Å². The summed E-state index contributed by atoms with van der Waals surface area (Å²) in [6.45, 7) is 12.3. The van der Waals surface area contributed by atoms with Crippen molar-refractivity contribution in [2.45, 2.75) is 66.3 Å². The molecule has 0 spiro atoms. The molecule has 1 rings (SSSR count). The highest BCUT2D eigenvalue weighted by atomic mass is 16.5. The molecule has 0 aliphatic carbocycles. The topological polar surface area (TPSA) is 34.1 Å². The Morgan fingerprint density at radius 1 is 1.11 bits per heavy atom. The van der Waals surface area contributed by atoms with E-state index < -0.39 is 0 Å². The Morgan fingerprint density at radius 3 is 2.42 bits per heavy atom. The summed E-state index contributed by atoms with van der Waals surface area (Å²) in [5, 5.41) is 3.38. The molecule has 0 amide bonds. The van der Waals surface area contributed by atoms with Gasteiger partial charge < -0.3 is 10.1 Å². The largest absolute Gasteiger partial charge is 0.372 e. The maximum absolute atomic E-state index is 5.84. The molecule has 0 saturated heterocycles. The Bertz CT molecular complexity index is 364. The van der Waals surface area contributed by atoms with E-state index in [1.807, 2.05) is 6.07 Å². The van der Waals surface area contributed by atoms with Gasteiger partial charge >= 0.3 is 0 Å². The second-order valence-electron chi connectivity index (χ2n) is 5.91. The number of pyridine rings is 1. The van der Waals surface area contributed by atoms with E-state index in [-0.39, 0.29) is 0 Å². The van der Waals surface area contributed by atoms with Crippen LogP contribution in [0.1, 0.15) is 52.4 Å². The fourth-order valence-electron chi connectivity index (χ4n) is 1.98. The second kappa shape index (κ2) is 8.28. The fraction of sp³-hybridized carbons (Fsp3) is 0.688. The Hall–Kier alpha value is -0.930. The van der Waals surface area contributed by atoms with Crippen molar-refractivity contribution in [3.63, 3.8) is 0 Å². The second-order valence-corrected chi connectivity index (χ2v) is 5.91. The van der Waals surface area contributed by atoms with Crippen LogP contribution >= 0.6 is 0 Å². The van der Waals surface area contributed by atoms with Gasteiger partial charge in [0.15, 0.2) is 0 Å². The number of ether oxygens (including phenoxy) is 1. The van der Waals surface area contributed by atoms with Crippen LogP contribution in [0.4, 0.5) is 0 Å². The van der Waals surface area contributed by atoms with E-state index >= 15 is 0 Å². The first-order valence-electron chi connectivity index (χ1n) is 7.27. The summed E-state index contributed by atoms with van der Waals surface area (Å²) in [6, 6.07) is 6.61. The quantitative estimate of drug-likeness (QED) is 0.780. The van der Waals surface area contributed by atoms with Crippen LogP contribution < -0.4 is 5.32 Å². The molecular formula is C16H28N2O. The molecule has 0 bridgehead atoms. The molecule has 0 fully saturated rings. The molecule has 3 nitrogen and oxygen atoms in total. The van der Waals surface area contributed by atoms with Crippen LogP contribution in [-0.4, -0.2) is 17.1 Å². The molecule has 1 atom stereocenters. The first kappa shape index (κ1) is 16.1. The van der Waals surface area contributed by atoms with Gasteiger partial charge in [-0.1, -0.05) is 33.8 Å². The Balaban J connectivity index is 2.43. The zero-order chi connectivity index (χ0) is 14.3. The summed E-state index contributed by atoms with van der Waals surface area (Å²) in [5.74, 6) is 0.671. The number of hydrogen-bond acceptors (Lipinski definition) is 3. The minimum atomic E-state index is 0.291. The zero-order valence-electron chi connectivity index (χ0n) is 12.9. The molecule has 108 valence electrons. The molecule has 1 unspecified atom stereocenters. The van der Waals surface area contributed by atoms with Gasteiger partial charge in [0.1, 0.15) is 0 Å². The van der Waals surface area contributed by atoms with Crippen LogP contribution in [0.5, 0.6) is 0 Å². The van der Waals surface area contributed by atoms with Crippen molar-refractivity contribution in [1.29, 1.82) is 0 Å². The first-order valence-corrected chi connectivity index (χ1v) is 7.27. The molecule has 0 saturated carbocycles. The van der Waals surface area contributed by atoms with Gasteiger partial charge in [0.25, 0.3) is 0 Å². The number of nitrogens with zero attached hydrogens (tertiary/aromatic N) is 1. The smallest absolute Gasteiger partial charge is 0.0891 e. The van der Waals surface area contributed by atoms with Gasteiger partial charge in [-0.3, -0.25) is 4.98 Å². The van der Waals surface area contributed by atoms with Gasteiger partial charge in [-0.25, -0.2) is 0 Å². The summed E-state index contributed by atoms with van der Waals surface area (Å²) in [4.78, 5) is 4.61. The van der Waals surface area contributed by atoms with Crippen molar-refractivity contribution in [2.75, 3.05) is 0 Å². The average Bonchev–Trinajstić information content (AvgIpc) is 2.34. The molecule has 3 heteroatoms. The van der Waals surface area contributed by atoms with Crippen molar-refractivity contribution in [3.8, 4) is 0 Å². The lowest BCUT2D eigenvalue weighted by molar-refractivity contribution is 0.0378. The average molecular weight is 264 g/mol. The first-order chi connectivity index (χ1) is 8.97. The van der Waals surface area contributed by atoms with Gasteiger partial charge in [-0.15, -0.1) is 0 Å². The summed E-state index contributed by atoms with van der Waals surface area (Å²) in [6.07, 6.45) is 1.38. The summed E-state index contributed by atoms with van der Waals surface area (Å²) in [5.41, 5.74) is 2.09. The lowest BCUT2D eigenvalue weighted by Gasteiger charge is -2.15. The van der Waals surface area contributed by atoms with Crippen LogP contribution in [0.15, 0.2) is 18.2 Å². The fourth-order valence-corrected chi connectivity index (χ4v) is 1.98. The standard InChI is InChI=1S/C16H28N2O/c1-12(2)9-14(5)19-11-16-8-6-7-15(18-16)10-17-13(3)4/h6-8,12-14,17H,9-11H2,1-5H3. The third-order valence-corrected chi connectivity index (χ3v) is 2.87. The van der Waals surface area contributed by atoms with Crippen LogP contribution in [0.3, 0.4) is 0 Å². The summed E-state index contributed by atoms with van der Waals surface area (Å²) in [7, 11) is 0. The Kier molecular flexibility index (Phi) is 7.03.